The van der Waals surface area contributed by atoms with Crippen LogP contribution in [0, 0.1) is 6.92 Å². The van der Waals surface area contributed by atoms with Crippen molar-refractivity contribution in [2.24, 2.45) is 0 Å². The van der Waals surface area contributed by atoms with E-state index in [0.717, 1.165) is 16.7 Å². The fraction of sp³-hybridized carbons (Fsp3) is 0.211. The monoisotopic (exact) mass is 310 g/mol. The first-order valence-corrected chi connectivity index (χ1v) is 7.37. The molecule has 2 aromatic carbocycles. The highest BCUT2D eigenvalue weighted by molar-refractivity contribution is 5.99. The van der Waals surface area contributed by atoms with Gasteiger partial charge in [-0.15, -0.1) is 0 Å². The van der Waals surface area contributed by atoms with E-state index in [-0.39, 0.29) is 12.6 Å². The molecule has 0 aliphatic carbocycles. The number of fused-ring (bicyclic) bond motifs is 1. The van der Waals surface area contributed by atoms with Crippen molar-refractivity contribution in [1.29, 1.82) is 0 Å². The third-order valence-corrected chi connectivity index (χ3v) is 4.00. The first-order chi connectivity index (χ1) is 11.2. The molecule has 0 amide bonds. The van der Waals surface area contributed by atoms with Crippen molar-refractivity contribution in [3.63, 3.8) is 0 Å². The summed E-state index contributed by atoms with van der Waals surface area (Å²) < 4.78 is 16.7. The van der Waals surface area contributed by atoms with Crippen LogP contribution < -0.4 is 9.47 Å². The smallest absolute Gasteiger partial charge is 0.342 e. The van der Waals surface area contributed by atoms with Crippen LogP contribution >= 0.6 is 0 Å². The van der Waals surface area contributed by atoms with Gasteiger partial charge in [0.2, 0.25) is 0 Å². The minimum Gasteiger partial charge on any atom is -0.496 e. The Morgan fingerprint density at radius 3 is 2.65 bits per heavy atom. The minimum absolute atomic E-state index is 0.246. The Kier molecular flexibility index (Phi) is 4.06. The number of esters is 1. The molecule has 1 aliphatic rings. The molecule has 0 radical (unpaired) electrons. The maximum Gasteiger partial charge on any atom is 0.342 e. The summed E-state index contributed by atoms with van der Waals surface area (Å²) in [6, 6.07) is 9.78. The molecule has 0 saturated heterocycles. The second-order valence-corrected chi connectivity index (χ2v) is 5.31. The Morgan fingerprint density at radius 1 is 1.26 bits per heavy atom. The number of carbonyl (C=O) groups is 1. The van der Waals surface area contributed by atoms with Crippen molar-refractivity contribution in [3.05, 3.63) is 64.7 Å². The number of benzene rings is 2. The largest absolute Gasteiger partial charge is 0.496 e. The van der Waals surface area contributed by atoms with Crippen molar-refractivity contribution in [3.8, 4) is 11.5 Å². The molecule has 118 valence electrons. The molecule has 0 aromatic heterocycles. The average Bonchev–Trinajstić information content (AvgIpc) is 2.97. The Bertz CT molecular complexity index is 759. The van der Waals surface area contributed by atoms with Gasteiger partial charge in [-0.05, 0) is 18.1 Å². The van der Waals surface area contributed by atoms with E-state index in [1.54, 1.807) is 13.2 Å². The average molecular weight is 310 g/mol. The van der Waals surface area contributed by atoms with Crippen molar-refractivity contribution < 1.29 is 19.0 Å². The lowest BCUT2D eigenvalue weighted by atomic mass is 9.97. The van der Waals surface area contributed by atoms with Gasteiger partial charge >= 0.3 is 5.97 Å². The maximum absolute atomic E-state index is 12.1. The zero-order chi connectivity index (χ0) is 16.4. The number of methoxy groups -OCH3 is 1. The summed E-state index contributed by atoms with van der Waals surface area (Å²) in [6.45, 7) is 6.35. The highest BCUT2D eigenvalue weighted by Gasteiger charge is 2.32. The second kappa shape index (κ2) is 6.16. The Hall–Kier alpha value is -2.75. The molecular formula is C19H18O4. The van der Waals surface area contributed by atoms with Crippen LogP contribution in [0.1, 0.15) is 32.6 Å². The molecule has 23 heavy (non-hydrogen) atoms. The van der Waals surface area contributed by atoms with Crippen molar-refractivity contribution in [2.45, 2.75) is 20.1 Å². The lowest BCUT2D eigenvalue weighted by Crippen LogP contribution is -2.07. The van der Waals surface area contributed by atoms with Crippen LogP contribution in [0.2, 0.25) is 0 Å². The predicted molar refractivity (Wildman–Crippen MR) is 87.7 cm³/mol. The van der Waals surface area contributed by atoms with Gasteiger partial charge in [-0.2, -0.15) is 0 Å². The summed E-state index contributed by atoms with van der Waals surface area (Å²) in [5, 5.41) is 0. The molecule has 0 spiro atoms. The van der Waals surface area contributed by atoms with Gasteiger partial charge in [-0.1, -0.05) is 43.0 Å². The van der Waals surface area contributed by atoms with E-state index in [2.05, 4.69) is 6.58 Å². The summed E-state index contributed by atoms with van der Waals surface area (Å²) >= 11 is 0. The van der Waals surface area contributed by atoms with Crippen molar-refractivity contribution >= 4 is 12.0 Å². The molecule has 1 aliphatic heterocycles. The van der Waals surface area contributed by atoms with Gasteiger partial charge in [0.1, 0.15) is 30.3 Å². The first-order valence-electron chi connectivity index (χ1n) is 7.37. The lowest BCUT2D eigenvalue weighted by Gasteiger charge is -2.18. The number of carbonyl (C=O) groups excluding carboxylic acids is 1. The van der Waals surface area contributed by atoms with E-state index in [1.807, 2.05) is 37.3 Å². The van der Waals surface area contributed by atoms with E-state index >= 15 is 0 Å². The summed E-state index contributed by atoms with van der Waals surface area (Å²) in [5.41, 5.74) is 3.88. The third-order valence-electron chi connectivity index (χ3n) is 4.00. The molecule has 0 unspecified atom stereocenters. The van der Waals surface area contributed by atoms with Crippen LogP contribution in [-0.2, 0) is 18.0 Å². The molecule has 0 saturated carbocycles. The van der Waals surface area contributed by atoms with Crippen LogP contribution in [0.3, 0.4) is 0 Å². The Labute approximate surface area is 135 Å². The lowest BCUT2D eigenvalue weighted by molar-refractivity contribution is 0.0531. The second-order valence-electron chi connectivity index (χ2n) is 5.31. The highest BCUT2D eigenvalue weighted by atomic mass is 16.5. The summed E-state index contributed by atoms with van der Waals surface area (Å²) in [5.74, 6) is 0.779. The Balaban J connectivity index is 2.09. The molecule has 0 N–H and O–H groups in total. The van der Waals surface area contributed by atoms with Gasteiger partial charge in [-0.3, -0.25) is 0 Å². The molecule has 4 heteroatoms. The van der Waals surface area contributed by atoms with E-state index in [4.69, 9.17) is 14.2 Å². The quantitative estimate of drug-likeness (QED) is 0.786. The number of cyclic esters (lactones) is 1. The van der Waals surface area contributed by atoms with Gasteiger partial charge in [-0.25, -0.2) is 4.79 Å². The maximum atomic E-state index is 12.1. The number of hydrogen-bond donors (Lipinski definition) is 0. The van der Waals surface area contributed by atoms with Gasteiger partial charge in [0.15, 0.2) is 0 Å². The highest BCUT2D eigenvalue weighted by Crippen LogP contribution is 2.43. The van der Waals surface area contributed by atoms with Crippen molar-refractivity contribution in [1.82, 2.24) is 0 Å². The molecule has 4 nitrogen and oxygen atoms in total. The summed E-state index contributed by atoms with van der Waals surface area (Å²) in [4.78, 5) is 12.1. The molecule has 2 aromatic rings. The summed E-state index contributed by atoms with van der Waals surface area (Å²) in [7, 11) is 1.60. The zero-order valence-electron chi connectivity index (χ0n) is 13.2. The van der Waals surface area contributed by atoms with E-state index in [9.17, 15) is 4.79 Å². The third kappa shape index (κ3) is 2.57. The molecule has 1 heterocycles. The molecule has 0 atom stereocenters. The van der Waals surface area contributed by atoms with Gasteiger partial charge in [0.25, 0.3) is 0 Å². The fourth-order valence-corrected chi connectivity index (χ4v) is 2.84. The van der Waals surface area contributed by atoms with Gasteiger partial charge in [0, 0.05) is 5.56 Å². The molecule has 0 bridgehead atoms. The van der Waals surface area contributed by atoms with Crippen LogP contribution in [0.25, 0.3) is 6.08 Å². The van der Waals surface area contributed by atoms with Gasteiger partial charge < -0.3 is 14.2 Å². The van der Waals surface area contributed by atoms with Crippen LogP contribution in [0.15, 0.2) is 36.9 Å². The first kappa shape index (κ1) is 15.2. The molecule has 0 fully saturated rings. The van der Waals surface area contributed by atoms with E-state index < -0.39 is 0 Å². The van der Waals surface area contributed by atoms with Crippen LogP contribution in [0.5, 0.6) is 11.5 Å². The standard InChI is InChI=1S/C19H18O4/c1-4-14-17(21-3)12(2)15-11-23-19(20)16(15)18(14)22-10-13-8-6-5-7-9-13/h4-9H,1,10-11H2,2-3H3. The van der Waals surface area contributed by atoms with E-state index in [1.165, 1.54) is 0 Å². The summed E-state index contributed by atoms with van der Waals surface area (Å²) in [6.07, 6.45) is 1.65. The fourth-order valence-electron chi connectivity index (χ4n) is 2.84. The number of hydrogen-bond acceptors (Lipinski definition) is 4. The topological polar surface area (TPSA) is 44.8 Å². The minimum atomic E-state index is -0.364. The Morgan fingerprint density at radius 2 is 2.00 bits per heavy atom. The van der Waals surface area contributed by atoms with Crippen LogP contribution in [-0.4, -0.2) is 13.1 Å². The molecule has 3 rings (SSSR count). The zero-order valence-corrected chi connectivity index (χ0v) is 13.2. The normalized spacial score (nSPS) is 12.5. The molecular weight excluding hydrogens is 292 g/mol. The van der Waals surface area contributed by atoms with Crippen molar-refractivity contribution in [2.75, 3.05) is 7.11 Å². The van der Waals surface area contributed by atoms with Gasteiger partial charge in [0.05, 0.1) is 12.7 Å². The van der Waals surface area contributed by atoms with Crippen LogP contribution in [0.4, 0.5) is 0 Å². The number of rotatable bonds is 5. The number of ether oxygens (including phenoxy) is 3. The predicted octanol–water partition coefficient (Wildman–Crippen LogP) is 3.90. The SMILES string of the molecule is C=Cc1c(OC)c(C)c2c(c1OCc1ccccc1)C(=O)OC2. The van der Waals surface area contributed by atoms with E-state index in [0.29, 0.717) is 29.2 Å².